The van der Waals surface area contributed by atoms with E-state index >= 15 is 0 Å². The number of carbonyl (C=O) groups is 1. The lowest BCUT2D eigenvalue weighted by atomic mass is 10.0. The van der Waals surface area contributed by atoms with Crippen LogP contribution in [0.1, 0.15) is 53.9 Å². The average Bonchev–Trinajstić information content (AvgIpc) is 3.09. The normalized spacial score (nSPS) is 18.4. The Bertz CT molecular complexity index is 719. The van der Waals surface area contributed by atoms with E-state index in [9.17, 15) is 4.79 Å². The van der Waals surface area contributed by atoms with Crippen LogP contribution in [0.3, 0.4) is 0 Å². The highest BCUT2D eigenvalue weighted by molar-refractivity contribution is 9.10. The number of piperidine rings is 1. The van der Waals surface area contributed by atoms with Crippen LogP contribution in [-0.4, -0.2) is 33.2 Å². The predicted molar refractivity (Wildman–Crippen MR) is 91.6 cm³/mol. The van der Waals surface area contributed by atoms with Crippen LogP contribution in [0.15, 0.2) is 21.0 Å². The highest BCUT2D eigenvalue weighted by atomic mass is 79.9. The lowest BCUT2D eigenvalue weighted by Gasteiger charge is -2.32. The van der Waals surface area contributed by atoms with Crippen molar-refractivity contribution in [1.29, 1.82) is 0 Å². The fraction of sp³-hybridized carbons (Fsp3) is 0.529. The monoisotopic (exact) mass is 379 g/mol. The van der Waals surface area contributed by atoms with E-state index in [0.29, 0.717) is 12.3 Å². The molecule has 0 aromatic carbocycles. The molecule has 0 aliphatic carbocycles. The SMILES string of the molecule is Cc1nn(Cc2ccc(C(=O)N3CCCC[C@H]3C)o2)c(C)c1Br. The topological polar surface area (TPSA) is 51.3 Å². The molecule has 1 fully saturated rings. The van der Waals surface area contributed by atoms with Gasteiger partial charge in [-0.05, 0) is 68.1 Å². The van der Waals surface area contributed by atoms with Gasteiger partial charge in [0.15, 0.2) is 5.76 Å². The Labute approximate surface area is 144 Å². The second kappa shape index (κ2) is 6.51. The van der Waals surface area contributed by atoms with Gasteiger partial charge < -0.3 is 9.32 Å². The van der Waals surface area contributed by atoms with Gasteiger partial charge in [-0.2, -0.15) is 5.10 Å². The first-order valence-electron chi connectivity index (χ1n) is 8.06. The zero-order valence-corrected chi connectivity index (χ0v) is 15.4. The Morgan fingerprint density at radius 1 is 1.39 bits per heavy atom. The first kappa shape index (κ1) is 16.3. The molecule has 2 aromatic rings. The highest BCUT2D eigenvalue weighted by Gasteiger charge is 2.26. The van der Waals surface area contributed by atoms with Gasteiger partial charge in [0.1, 0.15) is 5.76 Å². The molecule has 6 heteroatoms. The number of nitrogens with zero attached hydrogens (tertiary/aromatic N) is 3. The summed E-state index contributed by atoms with van der Waals surface area (Å²) < 4.78 is 8.69. The molecule has 1 aliphatic heterocycles. The maximum absolute atomic E-state index is 12.6. The number of aromatic nitrogens is 2. The largest absolute Gasteiger partial charge is 0.454 e. The zero-order chi connectivity index (χ0) is 16.6. The fourth-order valence-electron chi connectivity index (χ4n) is 3.10. The number of hydrogen-bond donors (Lipinski definition) is 0. The van der Waals surface area contributed by atoms with Crippen molar-refractivity contribution in [2.24, 2.45) is 0 Å². The van der Waals surface area contributed by atoms with E-state index in [2.05, 4.69) is 28.0 Å². The van der Waals surface area contributed by atoms with E-state index in [1.807, 2.05) is 29.5 Å². The molecule has 1 aliphatic rings. The maximum atomic E-state index is 12.6. The molecule has 0 spiro atoms. The summed E-state index contributed by atoms with van der Waals surface area (Å²) in [6.07, 6.45) is 3.34. The van der Waals surface area contributed by atoms with Crippen LogP contribution in [0, 0.1) is 13.8 Å². The smallest absolute Gasteiger partial charge is 0.289 e. The van der Waals surface area contributed by atoms with Crippen molar-refractivity contribution in [3.05, 3.63) is 39.5 Å². The molecule has 3 rings (SSSR count). The van der Waals surface area contributed by atoms with Gasteiger partial charge in [-0.3, -0.25) is 9.48 Å². The lowest BCUT2D eigenvalue weighted by molar-refractivity contribution is 0.0601. The van der Waals surface area contributed by atoms with E-state index in [-0.39, 0.29) is 11.9 Å². The standard InChI is InChI=1S/C17H22BrN3O2/c1-11-6-4-5-9-20(11)17(22)15-8-7-14(23-15)10-21-13(3)16(18)12(2)19-21/h7-8,11H,4-6,9-10H2,1-3H3/t11-/m1/s1. The van der Waals surface area contributed by atoms with E-state index in [0.717, 1.165) is 41.0 Å². The van der Waals surface area contributed by atoms with Crippen LogP contribution in [0.25, 0.3) is 0 Å². The minimum absolute atomic E-state index is 0.00185. The zero-order valence-electron chi connectivity index (χ0n) is 13.8. The minimum Gasteiger partial charge on any atom is -0.454 e. The number of furan rings is 1. The van der Waals surface area contributed by atoms with Crippen molar-refractivity contribution >= 4 is 21.8 Å². The summed E-state index contributed by atoms with van der Waals surface area (Å²) in [5.41, 5.74) is 2.00. The van der Waals surface area contributed by atoms with E-state index in [1.54, 1.807) is 6.07 Å². The third kappa shape index (κ3) is 3.22. The maximum Gasteiger partial charge on any atom is 0.289 e. The van der Waals surface area contributed by atoms with Crippen molar-refractivity contribution < 1.29 is 9.21 Å². The first-order chi connectivity index (χ1) is 11.0. The molecule has 0 radical (unpaired) electrons. The summed E-state index contributed by atoms with van der Waals surface area (Å²) in [5.74, 6) is 1.17. The Hall–Kier alpha value is -1.56. The average molecular weight is 380 g/mol. The molecule has 1 atom stereocenters. The number of amides is 1. The second-order valence-corrected chi connectivity index (χ2v) is 7.04. The molecule has 0 N–H and O–H groups in total. The van der Waals surface area contributed by atoms with Gasteiger partial charge in [-0.1, -0.05) is 0 Å². The van der Waals surface area contributed by atoms with Gasteiger partial charge in [-0.15, -0.1) is 0 Å². The van der Waals surface area contributed by atoms with Crippen molar-refractivity contribution in [1.82, 2.24) is 14.7 Å². The van der Waals surface area contributed by atoms with E-state index in [1.165, 1.54) is 6.42 Å². The van der Waals surface area contributed by atoms with E-state index in [4.69, 9.17) is 4.42 Å². The van der Waals surface area contributed by atoms with Crippen molar-refractivity contribution in [2.45, 2.75) is 52.6 Å². The van der Waals surface area contributed by atoms with Crippen LogP contribution in [0.5, 0.6) is 0 Å². The molecule has 23 heavy (non-hydrogen) atoms. The number of aryl methyl sites for hydroxylation is 1. The summed E-state index contributed by atoms with van der Waals surface area (Å²) in [4.78, 5) is 14.5. The van der Waals surface area contributed by atoms with E-state index < -0.39 is 0 Å². The fourth-order valence-corrected chi connectivity index (χ4v) is 3.38. The number of carbonyl (C=O) groups excluding carboxylic acids is 1. The molecular formula is C17H22BrN3O2. The summed E-state index contributed by atoms with van der Waals surface area (Å²) >= 11 is 3.53. The van der Waals surface area contributed by atoms with Crippen LogP contribution < -0.4 is 0 Å². The van der Waals surface area contributed by atoms with Crippen molar-refractivity contribution in [2.75, 3.05) is 6.54 Å². The minimum atomic E-state index is -0.00185. The van der Waals surface area contributed by atoms with Gasteiger partial charge >= 0.3 is 0 Å². The van der Waals surface area contributed by atoms with Gasteiger partial charge in [0.2, 0.25) is 0 Å². The Balaban J connectivity index is 1.75. The third-order valence-corrected chi connectivity index (χ3v) is 5.68. The van der Waals surface area contributed by atoms with Crippen LogP contribution >= 0.6 is 15.9 Å². The number of likely N-dealkylation sites (tertiary alicyclic amines) is 1. The highest BCUT2D eigenvalue weighted by Crippen LogP contribution is 2.23. The summed E-state index contributed by atoms with van der Waals surface area (Å²) in [7, 11) is 0. The molecule has 3 heterocycles. The van der Waals surface area contributed by atoms with Gasteiger partial charge in [0, 0.05) is 12.6 Å². The number of rotatable bonds is 3. The molecule has 0 saturated carbocycles. The van der Waals surface area contributed by atoms with Crippen LogP contribution in [0.4, 0.5) is 0 Å². The van der Waals surface area contributed by atoms with Crippen molar-refractivity contribution in [3.63, 3.8) is 0 Å². The lowest BCUT2D eigenvalue weighted by Crippen LogP contribution is -2.41. The van der Waals surface area contributed by atoms with Gasteiger partial charge in [-0.25, -0.2) is 0 Å². The van der Waals surface area contributed by atoms with Gasteiger partial charge in [0.25, 0.3) is 5.91 Å². The quantitative estimate of drug-likeness (QED) is 0.811. The van der Waals surface area contributed by atoms with Gasteiger partial charge in [0.05, 0.1) is 22.4 Å². The third-order valence-electron chi connectivity index (χ3n) is 4.54. The molecule has 5 nitrogen and oxygen atoms in total. The summed E-state index contributed by atoms with van der Waals surface area (Å²) in [6.45, 7) is 7.42. The molecule has 0 unspecified atom stereocenters. The Morgan fingerprint density at radius 2 is 2.17 bits per heavy atom. The Kier molecular flexibility index (Phi) is 4.62. The molecular weight excluding hydrogens is 358 g/mol. The summed E-state index contributed by atoms with van der Waals surface area (Å²) in [6, 6.07) is 3.93. The van der Waals surface area contributed by atoms with Crippen molar-refractivity contribution in [3.8, 4) is 0 Å². The number of halogens is 1. The molecule has 1 saturated heterocycles. The number of hydrogen-bond acceptors (Lipinski definition) is 3. The molecule has 2 aromatic heterocycles. The molecule has 124 valence electrons. The summed E-state index contributed by atoms with van der Waals surface area (Å²) in [5, 5.41) is 4.48. The molecule has 1 amide bonds. The molecule has 0 bridgehead atoms. The van der Waals surface area contributed by atoms with Crippen LogP contribution in [0.2, 0.25) is 0 Å². The predicted octanol–water partition coefficient (Wildman–Crippen LogP) is 3.92. The first-order valence-corrected chi connectivity index (χ1v) is 8.86. The Morgan fingerprint density at radius 3 is 2.83 bits per heavy atom. The van der Waals surface area contributed by atoms with Crippen LogP contribution in [-0.2, 0) is 6.54 Å². The second-order valence-electron chi connectivity index (χ2n) is 6.25.